The van der Waals surface area contributed by atoms with Crippen molar-refractivity contribution in [2.75, 3.05) is 19.6 Å². The first-order valence-corrected chi connectivity index (χ1v) is 4.87. The van der Waals surface area contributed by atoms with Crippen LogP contribution in [0.5, 0.6) is 0 Å². The summed E-state index contributed by atoms with van der Waals surface area (Å²) in [5.41, 5.74) is 0. The van der Waals surface area contributed by atoms with Crippen molar-refractivity contribution in [1.82, 2.24) is 10.6 Å². The molecule has 3 heteroatoms. The molecule has 0 spiro atoms. The molecule has 70 valence electrons. The maximum absolute atomic E-state index is 11.1. The molecule has 0 aromatic heterocycles. The molecule has 0 atom stereocenters. The lowest BCUT2D eigenvalue weighted by molar-refractivity contribution is -0.121. The van der Waals surface area contributed by atoms with Crippen LogP contribution in [0.3, 0.4) is 0 Å². The van der Waals surface area contributed by atoms with Crippen LogP contribution in [-0.4, -0.2) is 25.5 Å². The summed E-state index contributed by atoms with van der Waals surface area (Å²) in [6, 6.07) is 0. The van der Waals surface area contributed by atoms with Gasteiger partial charge in [0.05, 0.1) is 0 Å². The standard InChI is InChI=1S/C9H18N2O/c12-9-5-2-1-3-6-10-7-4-8-11-9/h10H,1-8H2,(H,11,12). The van der Waals surface area contributed by atoms with Crippen LogP contribution in [0.25, 0.3) is 0 Å². The topological polar surface area (TPSA) is 41.1 Å². The van der Waals surface area contributed by atoms with Crippen molar-refractivity contribution in [1.29, 1.82) is 0 Å². The molecule has 1 aliphatic heterocycles. The fraction of sp³-hybridized carbons (Fsp3) is 0.889. The van der Waals surface area contributed by atoms with Gasteiger partial charge in [-0.3, -0.25) is 4.79 Å². The first kappa shape index (κ1) is 9.52. The normalized spacial score (nSPS) is 22.5. The van der Waals surface area contributed by atoms with Crippen molar-refractivity contribution < 1.29 is 4.79 Å². The van der Waals surface area contributed by atoms with Crippen LogP contribution in [0.15, 0.2) is 0 Å². The quantitative estimate of drug-likeness (QED) is 0.560. The Morgan fingerprint density at radius 1 is 0.917 bits per heavy atom. The summed E-state index contributed by atoms with van der Waals surface area (Å²) in [5, 5.41) is 6.25. The lowest BCUT2D eigenvalue weighted by Gasteiger charge is -2.02. The molecule has 1 heterocycles. The van der Waals surface area contributed by atoms with Gasteiger partial charge in [0.2, 0.25) is 5.91 Å². The zero-order valence-corrected chi connectivity index (χ0v) is 7.57. The summed E-state index contributed by atoms with van der Waals surface area (Å²) in [5.74, 6) is 0.219. The van der Waals surface area contributed by atoms with E-state index < -0.39 is 0 Å². The van der Waals surface area contributed by atoms with E-state index >= 15 is 0 Å². The van der Waals surface area contributed by atoms with Gasteiger partial charge in [-0.2, -0.15) is 0 Å². The van der Waals surface area contributed by atoms with E-state index in [4.69, 9.17) is 0 Å². The molecular weight excluding hydrogens is 152 g/mol. The Morgan fingerprint density at radius 2 is 1.75 bits per heavy atom. The molecule has 0 radical (unpaired) electrons. The molecule has 0 saturated carbocycles. The van der Waals surface area contributed by atoms with Gasteiger partial charge < -0.3 is 10.6 Å². The van der Waals surface area contributed by atoms with E-state index in [1.807, 2.05) is 0 Å². The number of hydrogen-bond acceptors (Lipinski definition) is 2. The molecule has 1 fully saturated rings. The van der Waals surface area contributed by atoms with Gasteiger partial charge in [0.1, 0.15) is 0 Å². The maximum atomic E-state index is 11.1. The van der Waals surface area contributed by atoms with Gasteiger partial charge in [-0.25, -0.2) is 0 Å². The van der Waals surface area contributed by atoms with E-state index in [0.717, 1.165) is 32.5 Å². The van der Waals surface area contributed by atoms with Gasteiger partial charge in [-0.1, -0.05) is 6.42 Å². The van der Waals surface area contributed by atoms with Gasteiger partial charge in [0.25, 0.3) is 0 Å². The van der Waals surface area contributed by atoms with Crippen LogP contribution in [0.1, 0.15) is 32.1 Å². The Labute approximate surface area is 73.9 Å². The highest BCUT2D eigenvalue weighted by Gasteiger charge is 2.01. The third-order valence-corrected chi connectivity index (χ3v) is 2.11. The number of carbonyl (C=O) groups excluding carboxylic acids is 1. The van der Waals surface area contributed by atoms with E-state index in [0.29, 0.717) is 6.42 Å². The second kappa shape index (κ2) is 6.00. The van der Waals surface area contributed by atoms with Crippen molar-refractivity contribution in [3.8, 4) is 0 Å². The number of nitrogens with one attached hydrogen (secondary N) is 2. The zero-order valence-electron chi connectivity index (χ0n) is 7.57. The Morgan fingerprint density at radius 3 is 2.67 bits per heavy atom. The molecule has 0 aromatic carbocycles. The number of rotatable bonds is 0. The minimum atomic E-state index is 0.219. The molecule has 0 unspecified atom stereocenters. The van der Waals surface area contributed by atoms with Gasteiger partial charge in [-0.05, 0) is 32.4 Å². The molecular formula is C9H18N2O. The van der Waals surface area contributed by atoms with Crippen molar-refractivity contribution in [3.63, 3.8) is 0 Å². The van der Waals surface area contributed by atoms with E-state index in [1.54, 1.807) is 0 Å². The lowest BCUT2D eigenvalue weighted by Crippen LogP contribution is -2.26. The molecule has 3 nitrogen and oxygen atoms in total. The Kier molecular flexibility index (Phi) is 4.76. The molecule has 2 N–H and O–H groups in total. The van der Waals surface area contributed by atoms with Gasteiger partial charge in [-0.15, -0.1) is 0 Å². The van der Waals surface area contributed by atoms with Crippen molar-refractivity contribution >= 4 is 5.91 Å². The average Bonchev–Trinajstić information content (AvgIpc) is 2.11. The average molecular weight is 170 g/mol. The third-order valence-electron chi connectivity index (χ3n) is 2.11. The summed E-state index contributed by atoms with van der Waals surface area (Å²) in [7, 11) is 0. The molecule has 0 aromatic rings. The van der Waals surface area contributed by atoms with Gasteiger partial charge >= 0.3 is 0 Å². The molecule has 1 amide bonds. The number of hydrogen-bond donors (Lipinski definition) is 2. The Hall–Kier alpha value is -0.570. The van der Waals surface area contributed by atoms with Crippen LogP contribution in [-0.2, 0) is 4.79 Å². The summed E-state index contributed by atoms with van der Waals surface area (Å²) in [6.45, 7) is 2.96. The van der Waals surface area contributed by atoms with Crippen LogP contribution >= 0.6 is 0 Å². The van der Waals surface area contributed by atoms with Crippen molar-refractivity contribution in [2.45, 2.75) is 32.1 Å². The molecule has 1 saturated heterocycles. The largest absolute Gasteiger partial charge is 0.356 e. The first-order valence-electron chi connectivity index (χ1n) is 4.87. The summed E-state index contributed by atoms with van der Waals surface area (Å²) in [4.78, 5) is 11.1. The molecule has 0 bridgehead atoms. The highest BCUT2D eigenvalue weighted by molar-refractivity contribution is 5.75. The number of amides is 1. The molecule has 0 aliphatic carbocycles. The molecule has 1 aliphatic rings. The Balaban J connectivity index is 2.17. The van der Waals surface area contributed by atoms with Crippen LogP contribution in [0.2, 0.25) is 0 Å². The van der Waals surface area contributed by atoms with Crippen LogP contribution in [0.4, 0.5) is 0 Å². The summed E-state index contributed by atoms with van der Waals surface area (Å²) in [6.07, 6.45) is 5.16. The third kappa shape index (κ3) is 4.34. The van der Waals surface area contributed by atoms with E-state index in [2.05, 4.69) is 10.6 Å². The fourth-order valence-electron chi connectivity index (χ4n) is 1.37. The Bertz CT molecular complexity index is 122. The number of carbonyl (C=O) groups is 1. The van der Waals surface area contributed by atoms with Gasteiger partial charge in [0.15, 0.2) is 0 Å². The van der Waals surface area contributed by atoms with Crippen LogP contribution < -0.4 is 10.6 Å². The SMILES string of the molecule is O=C1CCCCCNCCCN1. The molecule has 1 rings (SSSR count). The lowest BCUT2D eigenvalue weighted by atomic mass is 10.2. The maximum Gasteiger partial charge on any atom is 0.219 e. The fourth-order valence-corrected chi connectivity index (χ4v) is 1.37. The smallest absolute Gasteiger partial charge is 0.219 e. The first-order chi connectivity index (χ1) is 5.89. The van der Waals surface area contributed by atoms with Gasteiger partial charge in [0, 0.05) is 13.0 Å². The van der Waals surface area contributed by atoms with Crippen molar-refractivity contribution in [3.05, 3.63) is 0 Å². The molecule has 12 heavy (non-hydrogen) atoms. The highest BCUT2D eigenvalue weighted by atomic mass is 16.1. The van der Waals surface area contributed by atoms with E-state index in [1.165, 1.54) is 12.8 Å². The minimum absolute atomic E-state index is 0.219. The zero-order chi connectivity index (χ0) is 8.65. The second-order valence-electron chi connectivity index (χ2n) is 3.26. The van der Waals surface area contributed by atoms with E-state index in [-0.39, 0.29) is 5.91 Å². The second-order valence-corrected chi connectivity index (χ2v) is 3.26. The highest BCUT2D eigenvalue weighted by Crippen LogP contribution is 1.99. The van der Waals surface area contributed by atoms with Crippen molar-refractivity contribution in [2.24, 2.45) is 0 Å². The monoisotopic (exact) mass is 170 g/mol. The van der Waals surface area contributed by atoms with Crippen LogP contribution in [0, 0.1) is 0 Å². The summed E-state index contributed by atoms with van der Waals surface area (Å²) < 4.78 is 0. The van der Waals surface area contributed by atoms with E-state index in [9.17, 15) is 4.79 Å². The minimum Gasteiger partial charge on any atom is -0.356 e. The predicted molar refractivity (Wildman–Crippen MR) is 49.0 cm³/mol. The predicted octanol–water partition coefficient (Wildman–Crippen LogP) is 0.656. The summed E-state index contributed by atoms with van der Waals surface area (Å²) >= 11 is 0.